The number of amides is 2. The van der Waals surface area contributed by atoms with Gasteiger partial charge >= 0.3 is 5.97 Å². The van der Waals surface area contributed by atoms with Crippen LogP contribution >= 0.6 is 11.3 Å². The van der Waals surface area contributed by atoms with Gasteiger partial charge in [-0.05, 0) is 31.5 Å². The number of hydrogen-bond donors (Lipinski definition) is 1. The van der Waals surface area contributed by atoms with Gasteiger partial charge in [-0.2, -0.15) is 0 Å². The largest absolute Gasteiger partial charge is 0.462 e. The Labute approximate surface area is 190 Å². The van der Waals surface area contributed by atoms with E-state index >= 15 is 0 Å². The molecular formula is C25H24N2O4S. The molecule has 0 radical (unpaired) electrons. The fourth-order valence-corrected chi connectivity index (χ4v) is 4.72. The third-order valence-electron chi connectivity index (χ3n) is 5.43. The molecule has 1 fully saturated rings. The molecule has 32 heavy (non-hydrogen) atoms. The van der Waals surface area contributed by atoms with Crippen LogP contribution in [0.25, 0.3) is 11.1 Å². The Kier molecular flexibility index (Phi) is 6.37. The monoisotopic (exact) mass is 448 g/mol. The first kappa shape index (κ1) is 21.8. The highest BCUT2D eigenvalue weighted by atomic mass is 32.1. The molecule has 6 nitrogen and oxygen atoms in total. The molecule has 2 heterocycles. The minimum absolute atomic E-state index is 0.0872. The molecule has 1 atom stereocenters. The van der Waals surface area contributed by atoms with Gasteiger partial charge in [-0.3, -0.25) is 9.59 Å². The number of thiophene rings is 1. The summed E-state index contributed by atoms with van der Waals surface area (Å²) < 4.78 is 5.25. The zero-order valence-corrected chi connectivity index (χ0v) is 18.8. The predicted octanol–water partition coefficient (Wildman–Crippen LogP) is 4.89. The second kappa shape index (κ2) is 9.36. The van der Waals surface area contributed by atoms with Crippen molar-refractivity contribution in [2.75, 3.05) is 23.4 Å². The van der Waals surface area contributed by atoms with Crippen LogP contribution in [0.4, 0.5) is 10.7 Å². The lowest BCUT2D eigenvalue weighted by Gasteiger charge is -2.17. The zero-order chi connectivity index (χ0) is 22.7. The second-order valence-electron chi connectivity index (χ2n) is 7.67. The highest BCUT2D eigenvalue weighted by Crippen LogP contribution is 2.37. The van der Waals surface area contributed by atoms with Crippen molar-refractivity contribution in [3.63, 3.8) is 0 Å². The van der Waals surface area contributed by atoms with Crippen LogP contribution in [-0.4, -0.2) is 30.9 Å². The third kappa shape index (κ3) is 4.43. The summed E-state index contributed by atoms with van der Waals surface area (Å²) in [5, 5.41) is 5.16. The molecule has 1 N–H and O–H groups in total. The summed E-state index contributed by atoms with van der Waals surface area (Å²) in [6.45, 7) is 4.27. The first-order valence-corrected chi connectivity index (χ1v) is 11.4. The highest BCUT2D eigenvalue weighted by Gasteiger charge is 2.36. The van der Waals surface area contributed by atoms with Gasteiger partial charge in [0.1, 0.15) is 10.6 Å². The van der Waals surface area contributed by atoms with Crippen molar-refractivity contribution in [1.82, 2.24) is 0 Å². The molecule has 0 aliphatic carbocycles. The Hall–Kier alpha value is -3.45. The van der Waals surface area contributed by atoms with E-state index in [9.17, 15) is 14.4 Å². The van der Waals surface area contributed by atoms with E-state index in [1.165, 1.54) is 11.3 Å². The van der Waals surface area contributed by atoms with Crippen molar-refractivity contribution in [3.8, 4) is 11.1 Å². The lowest BCUT2D eigenvalue weighted by Crippen LogP contribution is -2.28. The number of nitrogens with one attached hydrogen (secondary N) is 1. The SMILES string of the molecule is CCOC(=O)c1c(-c2ccccc2)csc1NC(=O)C1CC(=O)N(c2ccc(C)cc2)C1. The van der Waals surface area contributed by atoms with Gasteiger partial charge in [-0.1, -0.05) is 48.0 Å². The predicted molar refractivity (Wildman–Crippen MR) is 126 cm³/mol. The summed E-state index contributed by atoms with van der Waals surface area (Å²) in [5.41, 5.74) is 3.82. The number of benzene rings is 2. The maximum atomic E-state index is 13.0. The summed E-state index contributed by atoms with van der Waals surface area (Å²) in [5.74, 6) is -1.34. The Bertz CT molecular complexity index is 1140. The third-order valence-corrected chi connectivity index (χ3v) is 6.33. The van der Waals surface area contributed by atoms with Crippen LogP contribution in [0.5, 0.6) is 0 Å². The minimum Gasteiger partial charge on any atom is -0.462 e. The standard InChI is InChI=1S/C25H24N2O4S/c1-3-31-25(30)22-20(17-7-5-4-6-8-17)15-32-24(22)26-23(29)18-13-21(28)27(14-18)19-11-9-16(2)10-12-19/h4-12,15,18H,3,13-14H2,1-2H3,(H,26,29). The van der Waals surface area contributed by atoms with E-state index in [1.54, 1.807) is 11.8 Å². The lowest BCUT2D eigenvalue weighted by atomic mass is 10.0. The topological polar surface area (TPSA) is 75.7 Å². The molecule has 164 valence electrons. The molecule has 1 aromatic heterocycles. The first-order chi connectivity index (χ1) is 15.5. The molecule has 0 spiro atoms. The number of aryl methyl sites for hydroxylation is 1. The first-order valence-electron chi connectivity index (χ1n) is 10.5. The molecule has 2 aromatic carbocycles. The van der Waals surface area contributed by atoms with Crippen molar-refractivity contribution < 1.29 is 19.1 Å². The molecular weight excluding hydrogens is 424 g/mol. The molecule has 1 saturated heterocycles. The van der Waals surface area contributed by atoms with Crippen LogP contribution in [0.2, 0.25) is 0 Å². The van der Waals surface area contributed by atoms with E-state index in [0.29, 0.717) is 22.7 Å². The number of carbonyl (C=O) groups is 3. The van der Waals surface area contributed by atoms with E-state index in [0.717, 1.165) is 16.8 Å². The molecule has 1 aliphatic rings. The van der Waals surface area contributed by atoms with Gasteiger partial charge < -0.3 is 15.0 Å². The van der Waals surface area contributed by atoms with E-state index in [2.05, 4.69) is 5.32 Å². The van der Waals surface area contributed by atoms with Crippen molar-refractivity contribution >= 4 is 39.8 Å². The Morgan fingerprint density at radius 3 is 2.53 bits per heavy atom. The van der Waals surface area contributed by atoms with Gasteiger partial charge in [-0.15, -0.1) is 11.3 Å². The molecule has 0 saturated carbocycles. The number of esters is 1. The van der Waals surface area contributed by atoms with Crippen molar-refractivity contribution in [1.29, 1.82) is 0 Å². The summed E-state index contributed by atoms with van der Waals surface area (Å²) >= 11 is 1.28. The van der Waals surface area contributed by atoms with E-state index in [4.69, 9.17) is 4.74 Å². The maximum Gasteiger partial charge on any atom is 0.341 e. The van der Waals surface area contributed by atoms with Gasteiger partial charge in [0, 0.05) is 29.6 Å². The molecule has 0 bridgehead atoms. The summed E-state index contributed by atoms with van der Waals surface area (Å²) in [6.07, 6.45) is 0.130. The normalized spacial score (nSPS) is 15.6. The zero-order valence-electron chi connectivity index (χ0n) is 18.0. The molecule has 7 heteroatoms. The van der Waals surface area contributed by atoms with E-state index in [-0.39, 0.29) is 24.8 Å². The highest BCUT2D eigenvalue weighted by molar-refractivity contribution is 7.15. The fraction of sp³-hybridized carbons (Fsp3) is 0.240. The van der Waals surface area contributed by atoms with E-state index in [1.807, 2.05) is 66.9 Å². The van der Waals surface area contributed by atoms with Crippen LogP contribution in [-0.2, 0) is 14.3 Å². The number of hydrogen-bond acceptors (Lipinski definition) is 5. The van der Waals surface area contributed by atoms with Crippen LogP contribution in [0, 0.1) is 12.8 Å². The molecule has 1 aliphatic heterocycles. The number of carbonyl (C=O) groups excluding carboxylic acids is 3. The van der Waals surface area contributed by atoms with Crippen LogP contribution < -0.4 is 10.2 Å². The van der Waals surface area contributed by atoms with Crippen LogP contribution in [0.15, 0.2) is 60.0 Å². The molecule has 4 rings (SSSR count). The van der Waals surface area contributed by atoms with Crippen molar-refractivity contribution in [3.05, 3.63) is 71.1 Å². The lowest BCUT2D eigenvalue weighted by molar-refractivity contribution is -0.122. The Morgan fingerprint density at radius 2 is 1.84 bits per heavy atom. The number of anilines is 2. The fourth-order valence-electron chi connectivity index (χ4n) is 3.76. The Balaban J connectivity index is 1.55. The minimum atomic E-state index is -0.499. The van der Waals surface area contributed by atoms with Gasteiger partial charge in [0.25, 0.3) is 0 Å². The van der Waals surface area contributed by atoms with Gasteiger partial charge in [-0.25, -0.2) is 4.79 Å². The summed E-state index contributed by atoms with van der Waals surface area (Å²) in [4.78, 5) is 39.9. The van der Waals surface area contributed by atoms with Gasteiger partial charge in [0.2, 0.25) is 11.8 Å². The number of ether oxygens (including phenoxy) is 1. The smallest absolute Gasteiger partial charge is 0.341 e. The summed E-state index contributed by atoms with van der Waals surface area (Å²) in [7, 11) is 0. The van der Waals surface area contributed by atoms with Gasteiger partial charge in [0.05, 0.1) is 12.5 Å². The van der Waals surface area contributed by atoms with Gasteiger partial charge in [0.15, 0.2) is 0 Å². The summed E-state index contributed by atoms with van der Waals surface area (Å²) in [6, 6.07) is 17.2. The second-order valence-corrected chi connectivity index (χ2v) is 8.55. The van der Waals surface area contributed by atoms with Crippen molar-refractivity contribution in [2.45, 2.75) is 20.3 Å². The van der Waals surface area contributed by atoms with Crippen molar-refractivity contribution in [2.24, 2.45) is 5.92 Å². The quantitative estimate of drug-likeness (QED) is 0.545. The number of rotatable bonds is 6. The maximum absolute atomic E-state index is 13.0. The molecule has 1 unspecified atom stereocenters. The van der Waals surface area contributed by atoms with Crippen LogP contribution in [0.3, 0.4) is 0 Å². The number of nitrogens with zero attached hydrogens (tertiary/aromatic N) is 1. The Morgan fingerprint density at radius 1 is 1.12 bits per heavy atom. The van der Waals surface area contributed by atoms with E-state index < -0.39 is 11.9 Å². The molecule has 2 amide bonds. The molecule has 3 aromatic rings. The average Bonchev–Trinajstić information content (AvgIpc) is 3.39. The van der Waals surface area contributed by atoms with Crippen LogP contribution in [0.1, 0.15) is 29.3 Å². The average molecular weight is 449 g/mol.